The molecule has 1 N–H and O–H groups in total. The highest BCUT2D eigenvalue weighted by Gasteiger charge is 2.25. The topological polar surface area (TPSA) is 79.8 Å². The molecule has 0 unspecified atom stereocenters. The summed E-state index contributed by atoms with van der Waals surface area (Å²) in [5.74, 6) is 0.186. The van der Waals surface area contributed by atoms with Gasteiger partial charge in [-0.25, -0.2) is 14.4 Å². The molecule has 0 saturated carbocycles. The Hall–Kier alpha value is -2.63. The fraction of sp³-hybridized carbons (Fsp3) is 0.444. The molecule has 0 atom stereocenters. The van der Waals surface area contributed by atoms with Crippen LogP contribution >= 0.6 is 22.9 Å². The number of nitrogens with one attached hydrogen (secondary N) is 1. The summed E-state index contributed by atoms with van der Waals surface area (Å²) in [4.78, 5) is 28.0. The van der Waals surface area contributed by atoms with E-state index in [0.29, 0.717) is 50.8 Å². The molecular weight excluding hydrogens is 529 g/mol. The van der Waals surface area contributed by atoms with Crippen LogP contribution in [0.15, 0.2) is 36.7 Å². The number of carbonyl (C=O) groups is 1. The van der Waals surface area contributed by atoms with Gasteiger partial charge in [0.15, 0.2) is 0 Å². The Morgan fingerprint density at radius 1 is 1.24 bits per heavy atom. The van der Waals surface area contributed by atoms with Gasteiger partial charge in [0.05, 0.1) is 17.0 Å². The predicted octanol–water partition coefficient (Wildman–Crippen LogP) is 5.04. The molecule has 0 radical (unpaired) electrons. The summed E-state index contributed by atoms with van der Waals surface area (Å²) in [6.45, 7) is 5.11. The van der Waals surface area contributed by atoms with E-state index in [0.717, 1.165) is 46.6 Å². The Labute approximate surface area is 231 Å². The molecule has 2 aromatic heterocycles. The van der Waals surface area contributed by atoms with E-state index < -0.39 is 5.82 Å². The van der Waals surface area contributed by atoms with Crippen LogP contribution in [0.1, 0.15) is 23.3 Å². The highest BCUT2D eigenvalue weighted by atomic mass is 35.5. The van der Waals surface area contributed by atoms with Crippen LogP contribution in [0.4, 0.5) is 15.9 Å². The first-order valence-corrected chi connectivity index (χ1v) is 13.8. The van der Waals surface area contributed by atoms with Crippen molar-refractivity contribution in [1.82, 2.24) is 19.8 Å². The lowest BCUT2D eigenvalue weighted by atomic mass is 10.0. The number of rotatable bonds is 13. The molecule has 0 aliphatic carbocycles. The third-order valence-corrected chi connectivity index (χ3v) is 7.82. The zero-order chi connectivity index (χ0) is 26.9. The molecule has 3 heterocycles. The molecule has 204 valence electrons. The average molecular weight is 562 g/mol. The van der Waals surface area contributed by atoms with Crippen molar-refractivity contribution in [2.75, 3.05) is 58.9 Å². The molecule has 0 fully saturated rings. The van der Waals surface area contributed by atoms with Gasteiger partial charge in [0, 0.05) is 70.3 Å². The number of hydrogen-bond donors (Lipinski definition) is 1. The molecular formula is C27H33ClFN5O3S. The molecule has 1 aromatic carbocycles. The zero-order valence-corrected chi connectivity index (χ0v) is 23.3. The van der Waals surface area contributed by atoms with Gasteiger partial charge in [-0.2, -0.15) is 0 Å². The monoisotopic (exact) mass is 561 g/mol. The summed E-state index contributed by atoms with van der Waals surface area (Å²) in [5, 5.41) is 4.24. The van der Waals surface area contributed by atoms with E-state index in [2.05, 4.69) is 20.2 Å². The number of thiophene rings is 1. The second-order valence-electron chi connectivity index (χ2n) is 9.07. The van der Waals surface area contributed by atoms with Gasteiger partial charge in [-0.05, 0) is 43.0 Å². The Bertz CT molecular complexity index is 1260. The SMILES string of the molecule is COCCCN(C/C=C/C(=O)N1CCc2c(sc3ncnc(Nc4ccc(F)c(Cl)c4)c23)C1)CCCOC. The molecule has 1 amide bonds. The Morgan fingerprint density at radius 3 is 2.71 bits per heavy atom. The van der Waals surface area contributed by atoms with Gasteiger partial charge in [-0.3, -0.25) is 9.69 Å². The van der Waals surface area contributed by atoms with Crippen molar-refractivity contribution >= 4 is 50.6 Å². The number of nitrogens with zero attached hydrogens (tertiary/aromatic N) is 4. The quantitative estimate of drug-likeness (QED) is 0.231. The first-order valence-electron chi connectivity index (χ1n) is 12.6. The third-order valence-electron chi connectivity index (χ3n) is 6.40. The molecule has 38 heavy (non-hydrogen) atoms. The van der Waals surface area contributed by atoms with E-state index in [9.17, 15) is 9.18 Å². The lowest BCUT2D eigenvalue weighted by Crippen LogP contribution is -2.34. The maximum Gasteiger partial charge on any atom is 0.246 e. The standard InChI is InChI=1S/C27H33ClFN5O3S/c1-36-14-4-11-33(12-5-15-37-2)10-3-6-24(35)34-13-9-20-23(17-34)38-27-25(20)26(30-18-31-27)32-19-7-8-22(29)21(28)16-19/h3,6-8,16,18H,4-5,9-15,17H2,1-2H3,(H,30,31,32)/b6-3+. The van der Waals surface area contributed by atoms with Crippen LogP contribution < -0.4 is 5.32 Å². The highest BCUT2D eigenvalue weighted by molar-refractivity contribution is 7.19. The largest absolute Gasteiger partial charge is 0.385 e. The van der Waals surface area contributed by atoms with Crippen molar-refractivity contribution in [3.05, 3.63) is 58.0 Å². The molecule has 1 aliphatic heterocycles. The molecule has 0 spiro atoms. The maximum absolute atomic E-state index is 13.6. The number of anilines is 2. The number of ether oxygens (including phenoxy) is 2. The van der Waals surface area contributed by atoms with E-state index in [-0.39, 0.29) is 10.9 Å². The molecule has 0 saturated heterocycles. The van der Waals surface area contributed by atoms with Crippen molar-refractivity contribution in [2.45, 2.75) is 25.8 Å². The van der Waals surface area contributed by atoms with E-state index in [1.807, 2.05) is 11.0 Å². The minimum Gasteiger partial charge on any atom is -0.385 e. The summed E-state index contributed by atoms with van der Waals surface area (Å²) in [5.41, 5.74) is 1.80. The van der Waals surface area contributed by atoms with Crippen LogP contribution in [0.25, 0.3) is 10.2 Å². The van der Waals surface area contributed by atoms with Crippen molar-refractivity contribution < 1.29 is 18.7 Å². The predicted molar refractivity (Wildman–Crippen MR) is 150 cm³/mol. The highest BCUT2D eigenvalue weighted by Crippen LogP contribution is 2.38. The van der Waals surface area contributed by atoms with E-state index >= 15 is 0 Å². The van der Waals surface area contributed by atoms with Crippen LogP contribution in [0, 0.1) is 5.82 Å². The van der Waals surface area contributed by atoms with Crippen LogP contribution in [0.5, 0.6) is 0 Å². The number of carbonyl (C=O) groups excluding carboxylic acids is 1. The maximum atomic E-state index is 13.6. The lowest BCUT2D eigenvalue weighted by molar-refractivity contribution is -0.126. The van der Waals surface area contributed by atoms with Gasteiger partial charge in [-0.1, -0.05) is 17.7 Å². The van der Waals surface area contributed by atoms with Gasteiger partial charge in [-0.15, -0.1) is 11.3 Å². The van der Waals surface area contributed by atoms with Gasteiger partial charge in [0.2, 0.25) is 5.91 Å². The first-order chi connectivity index (χ1) is 18.5. The molecule has 8 nitrogen and oxygen atoms in total. The number of hydrogen-bond acceptors (Lipinski definition) is 8. The molecule has 11 heteroatoms. The number of halogens is 2. The summed E-state index contributed by atoms with van der Waals surface area (Å²) < 4.78 is 23.9. The minimum absolute atomic E-state index is 0.00669. The van der Waals surface area contributed by atoms with Gasteiger partial charge in [0.1, 0.15) is 22.8 Å². The molecule has 4 rings (SSSR count). The van der Waals surface area contributed by atoms with Crippen LogP contribution in [0.2, 0.25) is 5.02 Å². The number of benzene rings is 1. The van der Waals surface area contributed by atoms with Gasteiger partial charge < -0.3 is 19.7 Å². The molecule has 0 bridgehead atoms. The smallest absolute Gasteiger partial charge is 0.246 e. The normalized spacial score (nSPS) is 13.6. The molecule has 3 aromatic rings. The van der Waals surface area contributed by atoms with Crippen molar-refractivity contribution in [3.8, 4) is 0 Å². The fourth-order valence-electron chi connectivity index (χ4n) is 4.49. The number of methoxy groups -OCH3 is 2. The van der Waals surface area contributed by atoms with Crippen LogP contribution in [-0.2, 0) is 27.2 Å². The number of fused-ring (bicyclic) bond motifs is 3. The first kappa shape index (κ1) is 28.4. The number of amides is 1. The lowest BCUT2D eigenvalue weighted by Gasteiger charge is -2.26. The van der Waals surface area contributed by atoms with Crippen molar-refractivity contribution in [2.24, 2.45) is 0 Å². The van der Waals surface area contributed by atoms with Gasteiger partial charge in [0.25, 0.3) is 0 Å². The second kappa shape index (κ2) is 14.0. The summed E-state index contributed by atoms with van der Waals surface area (Å²) in [6, 6.07) is 4.48. The molecule has 1 aliphatic rings. The van der Waals surface area contributed by atoms with Crippen molar-refractivity contribution in [3.63, 3.8) is 0 Å². The zero-order valence-electron chi connectivity index (χ0n) is 21.7. The summed E-state index contributed by atoms with van der Waals surface area (Å²) in [6.07, 6.45) is 7.74. The van der Waals surface area contributed by atoms with Crippen molar-refractivity contribution in [1.29, 1.82) is 0 Å². The Balaban J connectivity index is 1.41. The van der Waals surface area contributed by atoms with Crippen LogP contribution in [-0.4, -0.2) is 79.3 Å². The second-order valence-corrected chi connectivity index (χ2v) is 10.6. The third kappa shape index (κ3) is 7.27. The Kier molecular flexibility index (Phi) is 10.4. The van der Waals surface area contributed by atoms with Gasteiger partial charge >= 0.3 is 0 Å². The van der Waals surface area contributed by atoms with Crippen LogP contribution in [0.3, 0.4) is 0 Å². The van der Waals surface area contributed by atoms with E-state index in [4.69, 9.17) is 21.1 Å². The minimum atomic E-state index is -0.471. The van der Waals surface area contributed by atoms with E-state index in [1.165, 1.54) is 18.5 Å². The average Bonchev–Trinajstić information content (AvgIpc) is 3.29. The number of aromatic nitrogens is 2. The Morgan fingerprint density at radius 2 is 2.00 bits per heavy atom. The van der Waals surface area contributed by atoms with E-state index in [1.54, 1.807) is 37.7 Å². The summed E-state index contributed by atoms with van der Waals surface area (Å²) in [7, 11) is 3.42. The fourth-order valence-corrected chi connectivity index (χ4v) is 5.87. The summed E-state index contributed by atoms with van der Waals surface area (Å²) >= 11 is 7.52.